The molecule has 0 spiro atoms. The first-order valence-corrected chi connectivity index (χ1v) is 10.1. The van der Waals surface area contributed by atoms with Gasteiger partial charge in [-0.1, -0.05) is 42.5 Å². The van der Waals surface area contributed by atoms with Gasteiger partial charge in [0.05, 0.1) is 23.8 Å². The van der Waals surface area contributed by atoms with Crippen LogP contribution in [-0.4, -0.2) is 25.5 Å². The van der Waals surface area contributed by atoms with Gasteiger partial charge in [0, 0.05) is 12.0 Å². The number of halogens is 1. The zero-order valence-electron chi connectivity index (χ0n) is 16.4. The number of ether oxygens (including phenoxy) is 2. The Bertz CT molecular complexity index is 1020. The summed E-state index contributed by atoms with van der Waals surface area (Å²) in [5.74, 6) is 0.139. The van der Waals surface area contributed by atoms with Crippen molar-refractivity contribution in [3.63, 3.8) is 0 Å². The van der Waals surface area contributed by atoms with Crippen LogP contribution in [0.1, 0.15) is 26.3 Å². The van der Waals surface area contributed by atoms with Crippen molar-refractivity contribution >= 4 is 27.7 Å². The van der Waals surface area contributed by atoms with E-state index in [2.05, 4.69) is 26.8 Å². The molecule has 30 heavy (non-hydrogen) atoms. The Labute approximate surface area is 183 Å². The number of amides is 2. The van der Waals surface area contributed by atoms with E-state index in [1.165, 1.54) is 12.7 Å². The van der Waals surface area contributed by atoms with Gasteiger partial charge in [0.25, 0.3) is 11.8 Å². The minimum Gasteiger partial charge on any atom is -0.496 e. The van der Waals surface area contributed by atoms with Gasteiger partial charge in [-0.05, 0) is 51.8 Å². The molecular weight excluding hydrogens is 448 g/mol. The summed E-state index contributed by atoms with van der Waals surface area (Å²) in [4.78, 5) is 24.7. The Balaban J connectivity index is 1.55. The number of hydrogen-bond donors (Lipinski definition) is 2. The highest BCUT2D eigenvalue weighted by Gasteiger charge is 2.14. The zero-order valence-corrected chi connectivity index (χ0v) is 17.9. The second-order valence-corrected chi connectivity index (χ2v) is 7.19. The Kier molecular flexibility index (Phi) is 7.45. The first-order valence-electron chi connectivity index (χ1n) is 9.28. The molecular formula is C23H21BrN2O4. The van der Waals surface area contributed by atoms with Gasteiger partial charge in [-0.3, -0.25) is 20.4 Å². The summed E-state index contributed by atoms with van der Waals surface area (Å²) >= 11 is 3.43. The third-order valence-corrected chi connectivity index (χ3v) is 4.95. The fourth-order valence-corrected chi connectivity index (χ4v) is 3.26. The molecule has 0 heterocycles. The van der Waals surface area contributed by atoms with Crippen LogP contribution in [0.3, 0.4) is 0 Å². The fourth-order valence-electron chi connectivity index (χ4n) is 2.77. The highest BCUT2D eigenvalue weighted by Crippen LogP contribution is 2.26. The predicted molar refractivity (Wildman–Crippen MR) is 118 cm³/mol. The summed E-state index contributed by atoms with van der Waals surface area (Å²) in [5.41, 5.74) is 6.68. The Morgan fingerprint density at radius 3 is 2.30 bits per heavy atom. The lowest BCUT2D eigenvalue weighted by molar-refractivity contribution is 0.0845. The van der Waals surface area contributed by atoms with Crippen LogP contribution in [0, 0.1) is 0 Å². The number of rotatable bonds is 7. The van der Waals surface area contributed by atoms with Gasteiger partial charge in [0.2, 0.25) is 0 Å². The average Bonchev–Trinajstić information content (AvgIpc) is 2.79. The van der Waals surface area contributed by atoms with Crippen LogP contribution in [0.25, 0.3) is 0 Å². The summed E-state index contributed by atoms with van der Waals surface area (Å²) in [6.07, 6.45) is 0.782. The molecule has 0 saturated carbocycles. The van der Waals surface area contributed by atoms with Gasteiger partial charge in [-0.25, -0.2) is 0 Å². The van der Waals surface area contributed by atoms with E-state index >= 15 is 0 Å². The molecule has 6 nitrogen and oxygen atoms in total. The molecule has 0 aliphatic rings. The van der Waals surface area contributed by atoms with Gasteiger partial charge in [-0.2, -0.15) is 0 Å². The molecule has 0 bridgehead atoms. The smallest absolute Gasteiger partial charge is 0.273 e. The predicted octanol–water partition coefficient (Wildman–Crippen LogP) is 4.15. The third-order valence-electron chi connectivity index (χ3n) is 4.33. The van der Waals surface area contributed by atoms with Crippen molar-refractivity contribution < 1.29 is 19.1 Å². The number of para-hydroxylation sites is 1. The highest BCUT2D eigenvalue weighted by molar-refractivity contribution is 9.10. The Hall–Kier alpha value is -3.32. The molecule has 0 aromatic heterocycles. The lowest BCUT2D eigenvalue weighted by Crippen LogP contribution is -2.41. The van der Waals surface area contributed by atoms with Crippen LogP contribution in [0.4, 0.5) is 0 Å². The largest absolute Gasteiger partial charge is 0.496 e. The summed E-state index contributed by atoms with van der Waals surface area (Å²) < 4.78 is 11.6. The fraction of sp³-hybridized carbons (Fsp3) is 0.130. The molecule has 3 rings (SSSR count). The number of carbonyl (C=O) groups excluding carboxylic acids is 2. The summed E-state index contributed by atoms with van der Waals surface area (Å²) in [7, 11) is 1.48. The van der Waals surface area contributed by atoms with Crippen molar-refractivity contribution in [2.45, 2.75) is 6.42 Å². The molecule has 0 radical (unpaired) electrons. The quantitative estimate of drug-likeness (QED) is 0.510. The molecule has 7 heteroatoms. The molecule has 3 aromatic rings. The molecule has 0 unspecified atom stereocenters. The topological polar surface area (TPSA) is 76.7 Å². The van der Waals surface area contributed by atoms with Gasteiger partial charge in [0.1, 0.15) is 11.5 Å². The molecule has 0 aliphatic carbocycles. The number of benzene rings is 3. The first-order chi connectivity index (χ1) is 14.6. The molecule has 2 N–H and O–H groups in total. The minimum atomic E-state index is -0.472. The maximum atomic E-state index is 12.4. The van der Waals surface area contributed by atoms with Crippen molar-refractivity contribution in [1.29, 1.82) is 0 Å². The second-order valence-electron chi connectivity index (χ2n) is 6.34. The van der Waals surface area contributed by atoms with Gasteiger partial charge < -0.3 is 9.47 Å². The summed E-state index contributed by atoms with van der Waals surface area (Å²) in [6.45, 7) is 0.517. The summed E-state index contributed by atoms with van der Waals surface area (Å²) in [6, 6.07) is 21.8. The maximum Gasteiger partial charge on any atom is 0.273 e. The maximum absolute atomic E-state index is 12.4. The van der Waals surface area contributed by atoms with Crippen LogP contribution in [0.15, 0.2) is 77.3 Å². The number of methoxy groups -OCH3 is 1. The van der Waals surface area contributed by atoms with Crippen LogP contribution in [0.2, 0.25) is 0 Å². The number of hydrazine groups is 1. The van der Waals surface area contributed by atoms with Crippen LogP contribution in [0.5, 0.6) is 11.5 Å². The van der Waals surface area contributed by atoms with Crippen LogP contribution >= 0.6 is 15.9 Å². The van der Waals surface area contributed by atoms with Crippen LogP contribution < -0.4 is 20.3 Å². The Morgan fingerprint density at radius 1 is 0.867 bits per heavy atom. The van der Waals surface area contributed by atoms with Gasteiger partial charge >= 0.3 is 0 Å². The number of hydrogen-bond acceptors (Lipinski definition) is 4. The van der Waals surface area contributed by atoms with E-state index in [9.17, 15) is 9.59 Å². The van der Waals surface area contributed by atoms with E-state index in [0.29, 0.717) is 33.7 Å². The SMILES string of the molecule is COc1ccccc1C(=O)NNC(=O)c1ccc(OCCc2ccccc2)c(Br)c1. The monoisotopic (exact) mass is 468 g/mol. The van der Waals surface area contributed by atoms with Crippen molar-refractivity contribution in [3.05, 3.63) is 94.0 Å². The van der Waals surface area contributed by atoms with E-state index in [4.69, 9.17) is 9.47 Å². The van der Waals surface area contributed by atoms with Gasteiger partial charge in [-0.15, -0.1) is 0 Å². The van der Waals surface area contributed by atoms with E-state index in [1.807, 2.05) is 30.3 Å². The molecule has 3 aromatic carbocycles. The van der Waals surface area contributed by atoms with Crippen LogP contribution in [-0.2, 0) is 6.42 Å². The number of carbonyl (C=O) groups is 2. The minimum absolute atomic E-state index is 0.323. The second kappa shape index (κ2) is 10.5. The lowest BCUT2D eigenvalue weighted by atomic mass is 10.2. The first kappa shape index (κ1) is 21.4. The van der Waals surface area contributed by atoms with Crippen molar-refractivity contribution in [2.75, 3.05) is 13.7 Å². The van der Waals surface area contributed by atoms with Crippen molar-refractivity contribution in [2.24, 2.45) is 0 Å². The van der Waals surface area contributed by atoms with Crippen molar-refractivity contribution in [3.8, 4) is 11.5 Å². The molecule has 0 aliphatic heterocycles. The molecule has 2 amide bonds. The Morgan fingerprint density at radius 2 is 1.57 bits per heavy atom. The van der Waals surface area contributed by atoms with E-state index in [0.717, 1.165) is 6.42 Å². The number of nitrogens with one attached hydrogen (secondary N) is 2. The molecule has 0 fully saturated rings. The third kappa shape index (κ3) is 5.61. The zero-order chi connectivity index (χ0) is 21.3. The highest BCUT2D eigenvalue weighted by atomic mass is 79.9. The molecule has 0 atom stereocenters. The van der Waals surface area contributed by atoms with E-state index in [1.54, 1.807) is 42.5 Å². The van der Waals surface area contributed by atoms with Gasteiger partial charge in [0.15, 0.2) is 0 Å². The summed E-state index contributed by atoms with van der Waals surface area (Å²) in [5, 5.41) is 0. The average molecular weight is 469 g/mol. The normalized spacial score (nSPS) is 10.2. The molecule has 0 saturated heterocycles. The lowest BCUT2D eigenvalue weighted by Gasteiger charge is -2.12. The van der Waals surface area contributed by atoms with E-state index in [-0.39, 0.29) is 0 Å². The molecule has 154 valence electrons. The standard InChI is InChI=1S/C23H21BrN2O4/c1-29-20-10-6-5-9-18(20)23(28)26-25-22(27)17-11-12-21(19(24)15-17)30-14-13-16-7-3-2-4-8-16/h2-12,15H,13-14H2,1H3,(H,25,27)(H,26,28). The van der Waals surface area contributed by atoms with Crippen molar-refractivity contribution in [1.82, 2.24) is 10.9 Å². The van der Waals surface area contributed by atoms with E-state index < -0.39 is 11.8 Å².